The van der Waals surface area contributed by atoms with E-state index in [1.165, 1.54) is 36.2 Å². The average molecular weight is 568 g/mol. The quantitative estimate of drug-likeness (QED) is 0.258. The molecule has 4 aromatic rings. The molecule has 9 heteroatoms. The van der Waals surface area contributed by atoms with E-state index in [4.69, 9.17) is 0 Å². The molecule has 3 heterocycles. The topological polar surface area (TPSA) is 105 Å². The maximum absolute atomic E-state index is 13.8. The Labute approximate surface area is 242 Å². The minimum atomic E-state index is -0.972. The molecule has 2 fully saturated rings. The maximum atomic E-state index is 13.8. The van der Waals surface area contributed by atoms with Gasteiger partial charge in [0.2, 0.25) is 5.91 Å². The molecule has 0 unspecified atom stereocenters. The van der Waals surface area contributed by atoms with E-state index in [1.54, 1.807) is 6.20 Å². The van der Waals surface area contributed by atoms with Crippen LogP contribution in [0, 0.1) is 0 Å². The van der Waals surface area contributed by atoms with E-state index >= 15 is 0 Å². The van der Waals surface area contributed by atoms with E-state index < -0.39 is 5.54 Å². The largest absolute Gasteiger partial charge is 0.338 e. The number of anilines is 2. The second kappa shape index (κ2) is 10.4. The number of aromatic nitrogens is 2. The van der Waals surface area contributed by atoms with Crippen molar-refractivity contribution in [3.63, 3.8) is 0 Å². The first-order valence-corrected chi connectivity index (χ1v) is 15.5. The number of carbonyl (C=O) groups excluding carboxylic acids is 3. The number of hydrogen-bond donors (Lipinski definition) is 3. The van der Waals surface area contributed by atoms with Gasteiger partial charge < -0.3 is 15.2 Å². The van der Waals surface area contributed by atoms with Gasteiger partial charge in [-0.05, 0) is 55.4 Å². The number of amides is 3. The number of para-hydroxylation sites is 1. The van der Waals surface area contributed by atoms with E-state index in [-0.39, 0.29) is 24.3 Å². The number of rotatable bonds is 5. The summed E-state index contributed by atoms with van der Waals surface area (Å²) < 4.78 is 2.09. The highest BCUT2D eigenvalue weighted by Crippen LogP contribution is 2.46. The summed E-state index contributed by atoms with van der Waals surface area (Å²) in [5.74, 6) is -0.179. The van der Waals surface area contributed by atoms with Crippen molar-refractivity contribution in [2.75, 3.05) is 10.6 Å². The third-order valence-corrected chi connectivity index (χ3v) is 9.72. The molecule has 0 radical (unpaired) electrons. The molecule has 0 bridgehead atoms. The fourth-order valence-corrected chi connectivity index (χ4v) is 7.61. The molecule has 3 aliphatic rings. The van der Waals surface area contributed by atoms with Crippen molar-refractivity contribution in [3.05, 3.63) is 65.2 Å². The van der Waals surface area contributed by atoms with Crippen molar-refractivity contribution >= 4 is 50.8 Å². The minimum absolute atomic E-state index is 0.0816. The summed E-state index contributed by atoms with van der Waals surface area (Å²) in [6, 6.07) is 13.8. The third-order valence-electron chi connectivity index (χ3n) is 9.03. The molecule has 210 valence electrons. The smallest absolute Gasteiger partial charge is 0.252 e. The van der Waals surface area contributed by atoms with Gasteiger partial charge >= 0.3 is 0 Å². The van der Waals surface area contributed by atoms with Gasteiger partial charge in [-0.15, -0.1) is 11.3 Å². The van der Waals surface area contributed by atoms with Gasteiger partial charge in [0.05, 0.1) is 16.9 Å². The highest BCUT2D eigenvalue weighted by atomic mass is 32.1. The van der Waals surface area contributed by atoms with Gasteiger partial charge in [0, 0.05) is 28.1 Å². The predicted octanol–water partition coefficient (Wildman–Crippen LogP) is 6.45. The highest BCUT2D eigenvalue weighted by Gasteiger charge is 2.43. The summed E-state index contributed by atoms with van der Waals surface area (Å²) in [5.41, 5.74) is 4.60. The molecular weight excluding hydrogens is 534 g/mol. The van der Waals surface area contributed by atoms with Crippen molar-refractivity contribution in [1.29, 1.82) is 0 Å². The van der Waals surface area contributed by atoms with Crippen LogP contribution in [-0.2, 0) is 16.1 Å². The molecule has 2 saturated carbocycles. The van der Waals surface area contributed by atoms with Gasteiger partial charge in [0.15, 0.2) is 5.13 Å². The van der Waals surface area contributed by atoms with Crippen LogP contribution < -0.4 is 16.0 Å². The number of carbonyl (C=O) groups is 3. The number of nitrogens with zero attached hydrogens (tertiary/aromatic N) is 2. The molecule has 2 aromatic carbocycles. The Morgan fingerprint density at radius 3 is 2.61 bits per heavy atom. The third kappa shape index (κ3) is 4.62. The zero-order chi connectivity index (χ0) is 28.0. The lowest BCUT2D eigenvalue weighted by molar-refractivity contribution is -0.122. The molecule has 41 heavy (non-hydrogen) atoms. The minimum Gasteiger partial charge on any atom is -0.338 e. The van der Waals surface area contributed by atoms with Gasteiger partial charge in [-0.3, -0.25) is 19.7 Å². The molecule has 2 aliphatic carbocycles. The van der Waals surface area contributed by atoms with Crippen LogP contribution in [0.2, 0.25) is 0 Å². The summed E-state index contributed by atoms with van der Waals surface area (Å²) in [6.45, 7) is 0.179. The molecular formula is C32H33N5O3S. The highest BCUT2D eigenvalue weighted by molar-refractivity contribution is 7.13. The first kappa shape index (κ1) is 26.0. The van der Waals surface area contributed by atoms with Crippen molar-refractivity contribution < 1.29 is 14.4 Å². The van der Waals surface area contributed by atoms with Gasteiger partial charge in [0.1, 0.15) is 12.1 Å². The van der Waals surface area contributed by atoms with E-state index in [0.29, 0.717) is 29.5 Å². The van der Waals surface area contributed by atoms with Crippen LogP contribution in [0.4, 0.5) is 10.8 Å². The number of thiazole rings is 1. The summed E-state index contributed by atoms with van der Waals surface area (Å²) in [4.78, 5) is 44.4. The standard InChI is InChI=1S/C32H33N5O3S/c38-26-19-37-25-18-21(29(39)36-32(14-6-7-15-32)30(40)35-31-33-16-17-41-31)12-13-23(25)27(20-8-2-1-3-9-20)28(37)22-10-4-5-11-24(22)34-26/h4-5,10-13,16-18,20H,1-3,6-9,14-15,19H2,(H,34,38)(H,36,39)(H,33,35,40). The summed E-state index contributed by atoms with van der Waals surface area (Å²) in [7, 11) is 0. The van der Waals surface area contributed by atoms with E-state index in [0.717, 1.165) is 53.5 Å². The first-order valence-electron chi connectivity index (χ1n) is 14.6. The Kier molecular flexibility index (Phi) is 6.61. The van der Waals surface area contributed by atoms with Crippen LogP contribution >= 0.6 is 11.3 Å². The maximum Gasteiger partial charge on any atom is 0.252 e. The van der Waals surface area contributed by atoms with Crippen molar-refractivity contribution in [2.24, 2.45) is 0 Å². The molecule has 2 aromatic heterocycles. The molecule has 3 N–H and O–H groups in total. The second-order valence-corrected chi connectivity index (χ2v) is 12.4. The molecule has 1 aliphatic heterocycles. The van der Waals surface area contributed by atoms with Crippen LogP contribution in [0.5, 0.6) is 0 Å². The van der Waals surface area contributed by atoms with Gasteiger partial charge in [-0.2, -0.15) is 0 Å². The number of hydrogen-bond acceptors (Lipinski definition) is 5. The van der Waals surface area contributed by atoms with E-state index in [1.807, 2.05) is 41.8 Å². The number of fused-ring (bicyclic) bond motifs is 5. The molecule has 0 spiro atoms. The summed E-state index contributed by atoms with van der Waals surface area (Å²) in [5, 5.41) is 12.5. The van der Waals surface area contributed by atoms with E-state index in [9.17, 15) is 14.4 Å². The van der Waals surface area contributed by atoms with Crippen LogP contribution in [-0.4, -0.2) is 32.8 Å². The lowest BCUT2D eigenvalue weighted by Crippen LogP contribution is -2.55. The Morgan fingerprint density at radius 1 is 1.02 bits per heavy atom. The number of benzene rings is 2. The van der Waals surface area contributed by atoms with Crippen LogP contribution in [0.3, 0.4) is 0 Å². The van der Waals surface area contributed by atoms with Gasteiger partial charge in [0.25, 0.3) is 11.8 Å². The van der Waals surface area contributed by atoms with Crippen molar-refractivity contribution in [2.45, 2.75) is 75.8 Å². The predicted molar refractivity (Wildman–Crippen MR) is 161 cm³/mol. The Bertz CT molecular complexity index is 1650. The first-order chi connectivity index (χ1) is 20.0. The van der Waals surface area contributed by atoms with E-state index in [2.05, 4.69) is 31.6 Å². The van der Waals surface area contributed by atoms with Crippen molar-refractivity contribution in [3.8, 4) is 11.3 Å². The normalized spacial score (nSPS) is 18.3. The summed E-state index contributed by atoms with van der Waals surface area (Å²) >= 11 is 1.36. The second-order valence-electron chi connectivity index (χ2n) is 11.5. The monoisotopic (exact) mass is 567 g/mol. The molecule has 8 nitrogen and oxygen atoms in total. The van der Waals surface area contributed by atoms with Crippen molar-refractivity contribution in [1.82, 2.24) is 14.9 Å². The zero-order valence-electron chi connectivity index (χ0n) is 22.9. The fourth-order valence-electron chi connectivity index (χ4n) is 7.09. The molecule has 0 atom stereocenters. The Morgan fingerprint density at radius 2 is 1.83 bits per heavy atom. The van der Waals surface area contributed by atoms with Gasteiger partial charge in [-0.25, -0.2) is 4.98 Å². The lowest BCUT2D eigenvalue weighted by atomic mass is 9.81. The zero-order valence-corrected chi connectivity index (χ0v) is 23.7. The Hall–Kier alpha value is -3.98. The summed E-state index contributed by atoms with van der Waals surface area (Å²) in [6.07, 6.45) is 10.4. The number of nitrogens with one attached hydrogen (secondary N) is 3. The Balaban J connectivity index is 1.30. The molecule has 3 amide bonds. The van der Waals surface area contributed by atoms with Crippen LogP contribution in [0.15, 0.2) is 54.0 Å². The average Bonchev–Trinajstić information content (AvgIpc) is 3.72. The van der Waals surface area contributed by atoms with Crippen LogP contribution in [0.1, 0.15) is 79.6 Å². The lowest BCUT2D eigenvalue weighted by Gasteiger charge is -2.28. The molecule has 0 saturated heterocycles. The SMILES string of the molecule is O=C1Cn2c(c(C3CCCCC3)c3ccc(C(=O)NC4(C(=O)Nc5nccs5)CCCC4)cc32)-c2ccccc2N1. The molecule has 7 rings (SSSR count). The van der Waals surface area contributed by atoms with Gasteiger partial charge in [-0.1, -0.05) is 56.4 Å². The fraction of sp³-hybridized carbons (Fsp3) is 0.375. The van der Waals surface area contributed by atoms with Crippen LogP contribution in [0.25, 0.3) is 22.2 Å².